The lowest BCUT2D eigenvalue weighted by Crippen LogP contribution is -2.37. The van der Waals surface area contributed by atoms with Gasteiger partial charge in [0.1, 0.15) is 18.3 Å². The Balaban J connectivity index is 2.07. The lowest BCUT2D eigenvalue weighted by molar-refractivity contribution is -0.0151. The number of rotatable bonds is 6. The highest BCUT2D eigenvalue weighted by Crippen LogP contribution is 2.37. The topological polar surface area (TPSA) is 166 Å². The first kappa shape index (κ1) is 17.8. The van der Waals surface area contributed by atoms with Gasteiger partial charge in [0.25, 0.3) is 0 Å². The number of carboxylic acid groups (broad SMARTS) is 1. The number of carbonyl (C=O) groups is 1. The highest BCUT2D eigenvalue weighted by atomic mass is 31.2. The number of benzene rings is 1. The monoisotopic (exact) mass is 349 g/mol. The van der Waals surface area contributed by atoms with Crippen molar-refractivity contribution in [2.24, 2.45) is 0 Å². The number of aliphatic hydroxyl groups is 2. The Hall–Kier alpha value is -1.52. The first-order chi connectivity index (χ1) is 10.7. The maximum atomic E-state index is 11.1. The van der Waals surface area contributed by atoms with Gasteiger partial charge in [-0.05, 0) is 12.1 Å². The van der Waals surface area contributed by atoms with Crippen molar-refractivity contribution in [2.45, 2.75) is 24.5 Å². The predicted molar refractivity (Wildman–Crippen MR) is 75.7 cm³/mol. The lowest BCUT2D eigenvalue weighted by Gasteiger charge is -2.19. The summed E-state index contributed by atoms with van der Waals surface area (Å²) in [5, 5.41) is 31.4. The molecule has 1 aromatic rings. The standard InChI is InChI=1S/C12H16NO9P/c14-9-8(5-21-23(18,19)20)22-11(10(9)15)13-7-4-2-1-3-6(7)12(16)17/h1-4,8-11,13-15H,5H2,(H,16,17)(H2,18,19,20)/t8-,9-,10-,11?/m1/s1. The smallest absolute Gasteiger partial charge is 0.469 e. The summed E-state index contributed by atoms with van der Waals surface area (Å²) in [5.41, 5.74) is 0.0977. The second-order valence-electron chi connectivity index (χ2n) is 4.86. The molecule has 11 heteroatoms. The number of nitrogens with one attached hydrogen (secondary N) is 1. The van der Waals surface area contributed by atoms with Gasteiger partial charge in [0.2, 0.25) is 0 Å². The van der Waals surface area contributed by atoms with Crippen LogP contribution in [0.3, 0.4) is 0 Å². The molecule has 1 aliphatic heterocycles. The Bertz CT molecular complexity index is 618. The van der Waals surface area contributed by atoms with E-state index in [9.17, 15) is 19.6 Å². The molecule has 4 atom stereocenters. The summed E-state index contributed by atoms with van der Waals surface area (Å²) in [5.74, 6) is -1.19. The van der Waals surface area contributed by atoms with E-state index in [0.29, 0.717) is 0 Å². The van der Waals surface area contributed by atoms with Crippen LogP contribution < -0.4 is 5.32 Å². The number of aromatic carboxylic acids is 1. The third kappa shape index (κ3) is 4.49. The van der Waals surface area contributed by atoms with Crippen molar-refractivity contribution in [3.05, 3.63) is 29.8 Å². The summed E-state index contributed by atoms with van der Waals surface area (Å²) < 4.78 is 20.1. The van der Waals surface area contributed by atoms with Crippen LogP contribution in [-0.2, 0) is 13.8 Å². The molecule has 1 heterocycles. The fourth-order valence-corrected chi connectivity index (χ4v) is 2.47. The molecule has 0 bridgehead atoms. The van der Waals surface area contributed by atoms with Crippen LogP contribution in [-0.4, -0.2) is 62.2 Å². The van der Waals surface area contributed by atoms with E-state index < -0.39 is 44.9 Å². The number of aliphatic hydroxyl groups excluding tert-OH is 2. The molecule has 10 nitrogen and oxygen atoms in total. The molecule has 1 unspecified atom stereocenters. The molecule has 0 spiro atoms. The summed E-state index contributed by atoms with van der Waals surface area (Å²) in [6.45, 7) is -0.638. The Labute approximate surface area is 130 Å². The van der Waals surface area contributed by atoms with Crippen molar-refractivity contribution >= 4 is 19.5 Å². The molecular formula is C12H16NO9P. The summed E-state index contributed by atoms with van der Waals surface area (Å²) in [4.78, 5) is 28.4. The number of phosphoric ester groups is 1. The lowest BCUT2D eigenvalue weighted by atomic mass is 10.1. The second kappa shape index (κ2) is 6.93. The highest BCUT2D eigenvalue weighted by molar-refractivity contribution is 7.46. The van der Waals surface area contributed by atoms with Crippen LogP contribution in [0.25, 0.3) is 0 Å². The van der Waals surface area contributed by atoms with Gasteiger partial charge < -0.3 is 35.2 Å². The summed E-state index contributed by atoms with van der Waals surface area (Å²) in [7, 11) is -4.74. The number of anilines is 1. The quantitative estimate of drug-likeness (QED) is 0.363. The first-order valence-corrected chi connectivity index (χ1v) is 8.02. The minimum Gasteiger partial charge on any atom is -0.478 e. The molecule has 0 aliphatic carbocycles. The fourth-order valence-electron chi connectivity index (χ4n) is 2.12. The number of hydrogen-bond donors (Lipinski definition) is 6. The molecule has 0 saturated carbocycles. The van der Waals surface area contributed by atoms with Crippen LogP contribution in [0.15, 0.2) is 24.3 Å². The zero-order chi connectivity index (χ0) is 17.2. The van der Waals surface area contributed by atoms with Gasteiger partial charge in [-0.15, -0.1) is 0 Å². The Morgan fingerprint density at radius 2 is 1.91 bits per heavy atom. The van der Waals surface area contributed by atoms with Crippen molar-refractivity contribution in [1.82, 2.24) is 0 Å². The maximum absolute atomic E-state index is 11.1. The number of para-hydroxylation sites is 1. The molecule has 1 saturated heterocycles. The van der Waals surface area contributed by atoms with E-state index >= 15 is 0 Å². The maximum Gasteiger partial charge on any atom is 0.469 e. The predicted octanol–water partition coefficient (Wildman–Crippen LogP) is -0.647. The molecule has 0 radical (unpaired) electrons. The zero-order valence-corrected chi connectivity index (χ0v) is 12.5. The van der Waals surface area contributed by atoms with Crippen LogP contribution in [0.4, 0.5) is 5.69 Å². The van der Waals surface area contributed by atoms with Gasteiger partial charge in [-0.1, -0.05) is 12.1 Å². The highest BCUT2D eigenvalue weighted by Gasteiger charge is 2.43. The van der Waals surface area contributed by atoms with Gasteiger partial charge in [-0.25, -0.2) is 9.36 Å². The van der Waals surface area contributed by atoms with Crippen LogP contribution in [0.2, 0.25) is 0 Å². The Morgan fingerprint density at radius 3 is 2.52 bits per heavy atom. The molecule has 23 heavy (non-hydrogen) atoms. The van der Waals surface area contributed by atoms with Crippen molar-refractivity contribution in [3.63, 3.8) is 0 Å². The second-order valence-corrected chi connectivity index (χ2v) is 6.10. The average Bonchev–Trinajstić information content (AvgIpc) is 2.73. The van der Waals surface area contributed by atoms with Gasteiger partial charge in [-0.3, -0.25) is 4.52 Å². The van der Waals surface area contributed by atoms with Crippen molar-refractivity contribution < 1.29 is 43.7 Å². The van der Waals surface area contributed by atoms with Gasteiger partial charge in [-0.2, -0.15) is 0 Å². The minimum absolute atomic E-state index is 0.0623. The van der Waals surface area contributed by atoms with Gasteiger partial charge >= 0.3 is 13.8 Å². The van der Waals surface area contributed by atoms with Crippen molar-refractivity contribution in [3.8, 4) is 0 Å². The molecule has 0 amide bonds. The van der Waals surface area contributed by atoms with Crippen LogP contribution in [0.1, 0.15) is 10.4 Å². The molecule has 6 N–H and O–H groups in total. The van der Waals surface area contributed by atoms with E-state index in [1.165, 1.54) is 18.2 Å². The van der Waals surface area contributed by atoms with Crippen LogP contribution in [0.5, 0.6) is 0 Å². The molecular weight excluding hydrogens is 333 g/mol. The third-order valence-corrected chi connectivity index (χ3v) is 3.71. The number of hydrogen-bond acceptors (Lipinski definition) is 7. The first-order valence-electron chi connectivity index (χ1n) is 6.49. The molecule has 2 rings (SSSR count). The number of phosphoric acid groups is 1. The van der Waals surface area contributed by atoms with E-state index in [1.807, 2.05) is 0 Å². The van der Waals surface area contributed by atoms with E-state index in [1.54, 1.807) is 6.07 Å². The Kier molecular flexibility index (Phi) is 5.37. The largest absolute Gasteiger partial charge is 0.478 e. The van der Waals surface area contributed by atoms with Crippen LogP contribution >= 0.6 is 7.82 Å². The number of carboxylic acids is 1. The van der Waals surface area contributed by atoms with Gasteiger partial charge in [0, 0.05) is 0 Å². The molecule has 1 aromatic carbocycles. The summed E-state index contributed by atoms with van der Waals surface area (Å²) >= 11 is 0. The van der Waals surface area contributed by atoms with E-state index in [4.69, 9.17) is 19.6 Å². The summed E-state index contributed by atoms with van der Waals surface area (Å²) in [6, 6.07) is 5.88. The van der Waals surface area contributed by atoms with Crippen molar-refractivity contribution in [1.29, 1.82) is 0 Å². The van der Waals surface area contributed by atoms with E-state index in [-0.39, 0.29) is 11.3 Å². The van der Waals surface area contributed by atoms with Crippen molar-refractivity contribution in [2.75, 3.05) is 11.9 Å². The van der Waals surface area contributed by atoms with Gasteiger partial charge in [0.15, 0.2) is 6.23 Å². The molecule has 128 valence electrons. The van der Waals surface area contributed by atoms with E-state index in [0.717, 1.165) is 0 Å². The summed E-state index contributed by atoms with van der Waals surface area (Å²) in [6.07, 6.45) is -5.26. The molecule has 1 fully saturated rings. The minimum atomic E-state index is -4.74. The van der Waals surface area contributed by atoms with Gasteiger partial charge in [0.05, 0.1) is 17.9 Å². The average molecular weight is 349 g/mol. The SMILES string of the molecule is O=C(O)c1ccccc1NC1O[C@H](COP(=O)(O)O)[C@@H](O)[C@H]1O. The fraction of sp³-hybridized carbons (Fsp3) is 0.417. The normalized spacial score (nSPS) is 27.8. The van der Waals surface area contributed by atoms with Crippen LogP contribution in [0, 0.1) is 0 Å². The molecule has 0 aromatic heterocycles. The number of ether oxygens (including phenoxy) is 1. The zero-order valence-electron chi connectivity index (χ0n) is 11.6. The third-order valence-electron chi connectivity index (χ3n) is 3.22. The Morgan fingerprint density at radius 1 is 1.26 bits per heavy atom. The van der Waals surface area contributed by atoms with E-state index in [2.05, 4.69) is 9.84 Å². The molecule has 1 aliphatic rings.